The Morgan fingerprint density at radius 3 is 2.62 bits per heavy atom. The van der Waals surface area contributed by atoms with Gasteiger partial charge in [0.05, 0.1) is 0 Å². The van der Waals surface area contributed by atoms with Crippen LogP contribution in [-0.4, -0.2) is 12.6 Å². The topological polar surface area (TPSA) is 12.0 Å². The maximum Gasteiger partial charge on any atom is 0.0204 e. The van der Waals surface area contributed by atoms with E-state index < -0.39 is 0 Å². The molecule has 0 spiro atoms. The fraction of sp³-hybridized carbons (Fsp3) is 0.467. The van der Waals surface area contributed by atoms with Crippen LogP contribution in [0.4, 0.5) is 0 Å². The summed E-state index contributed by atoms with van der Waals surface area (Å²) in [5, 5.41) is 3.67. The zero-order valence-electron chi connectivity index (χ0n) is 9.77. The quantitative estimate of drug-likeness (QED) is 0.761. The second kappa shape index (κ2) is 4.06. The van der Waals surface area contributed by atoms with Crippen molar-refractivity contribution in [3.8, 4) is 0 Å². The molecule has 4 atom stereocenters. The average Bonchev–Trinajstić information content (AvgIpc) is 2.91. The monoisotopic (exact) mass is 213 g/mol. The summed E-state index contributed by atoms with van der Waals surface area (Å²) in [6, 6.07) is 11.6. The van der Waals surface area contributed by atoms with Gasteiger partial charge in [0, 0.05) is 12.0 Å². The number of rotatable bonds is 3. The van der Waals surface area contributed by atoms with Gasteiger partial charge in [-0.25, -0.2) is 0 Å². The molecule has 1 aromatic rings. The highest BCUT2D eigenvalue weighted by atomic mass is 14.9. The number of benzene rings is 1. The molecule has 1 nitrogen and oxygen atoms in total. The van der Waals surface area contributed by atoms with Gasteiger partial charge in [-0.3, -0.25) is 0 Å². The van der Waals surface area contributed by atoms with Crippen molar-refractivity contribution in [1.82, 2.24) is 5.32 Å². The molecule has 2 bridgehead atoms. The van der Waals surface area contributed by atoms with Crippen LogP contribution in [-0.2, 0) is 0 Å². The van der Waals surface area contributed by atoms with Crippen LogP contribution in [0.1, 0.15) is 24.8 Å². The highest BCUT2D eigenvalue weighted by molar-refractivity contribution is 5.31. The lowest BCUT2D eigenvalue weighted by molar-refractivity contribution is 0.416. The molecule has 1 heteroatoms. The van der Waals surface area contributed by atoms with Crippen LogP contribution in [0, 0.1) is 11.8 Å². The minimum Gasteiger partial charge on any atom is -0.313 e. The summed E-state index contributed by atoms with van der Waals surface area (Å²) >= 11 is 0. The second-order valence-corrected chi connectivity index (χ2v) is 4.97. The van der Waals surface area contributed by atoms with Crippen molar-refractivity contribution in [2.45, 2.75) is 25.3 Å². The summed E-state index contributed by atoms with van der Waals surface area (Å²) < 4.78 is 0. The third-order valence-electron chi connectivity index (χ3n) is 4.08. The van der Waals surface area contributed by atoms with Gasteiger partial charge < -0.3 is 5.32 Å². The fourth-order valence-corrected chi connectivity index (χ4v) is 3.47. The summed E-state index contributed by atoms with van der Waals surface area (Å²) in [6.45, 7) is 3.28. The van der Waals surface area contributed by atoms with E-state index in [0.29, 0.717) is 12.0 Å². The van der Waals surface area contributed by atoms with Gasteiger partial charge in [-0.05, 0) is 30.4 Å². The predicted octanol–water partition coefficient (Wildman–Crippen LogP) is 2.95. The number of likely N-dealkylation sites (N-methyl/N-ethyl adjacent to an activating group) is 1. The molecular weight excluding hydrogens is 194 g/mol. The maximum atomic E-state index is 3.67. The predicted molar refractivity (Wildman–Crippen MR) is 67.4 cm³/mol. The van der Waals surface area contributed by atoms with Crippen molar-refractivity contribution >= 4 is 0 Å². The molecule has 0 saturated heterocycles. The largest absolute Gasteiger partial charge is 0.313 e. The Labute approximate surface area is 97.6 Å². The number of allylic oxidation sites excluding steroid dienone is 1. The van der Waals surface area contributed by atoms with Gasteiger partial charge in [0.1, 0.15) is 0 Å². The van der Waals surface area contributed by atoms with Crippen molar-refractivity contribution in [3.63, 3.8) is 0 Å². The normalized spacial score (nSPS) is 35.8. The van der Waals surface area contributed by atoms with Gasteiger partial charge in [-0.2, -0.15) is 0 Å². The maximum absolute atomic E-state index is 3.67. The van der Waals surface area contributed by atoms with Crippen molar-refractivity contribution in [2.24, 2.45) is 11.8 Å². The summed E-state index contributed by atoms with van der Waals surface area (Å²) in [5.41, 5.74) is 1.50. The summed E-state index contributed by atoms with van der Waals surface area (Å²) in [5.74, 6) is 2.21. The first kappa shape index (κ1) is 10.1. The smallest absolute Gasteiger partial charge is 0.0204 e. The molecule has 1 fully saturated rings. The second-order valence-electron chi connectivity index (χ2n) is 4.97. The van der Waals surface area contributed by atoms with Gasteiger partial charge in [-0.1, -0.05) is 49.4 Å². The molecule has 2 aliphatic carbocycles. The van der Waals surface area contributed by atoms with Crippen LogP contribution < -0.4 is 5.32 Å². The third kappa shape index (κ3) is 1.51. The number of hydrogen-bond acceptors (Lipinski definition) is 1. The molecule has 0 amide bonds. The summed E-state index contributed by atoms with van der Waals surface area (Å²) in [7, 11) is 0. The fourth-order valence-electron chi connectivity index (χ4n) is 3.47. The van der Waals surface area contributed by atoms with Crippen molar-refractivity contribution < 1.29 is 0 Å². The first-order valence-corrected chi connectivity index (χ1v) is 6.37. The lowest BCUT2D eigenvalue weighted by atomic mass is 9.83. The molecule has 1 N–H and O–H groups in total. The Morgan fingerprint density at radius 2 is 1.88 bits per heavy atom. The highest BCUT2D eigenvalue weighted by Crippen LogP contribution is 2.48. The Bertz CT molecular complexity index is 382. The molecule has 2 aliphatic rings. The van der Waals surface area contributed by atoms with Gasteiger partial charge in [-0.15, -0.1) is 0 Å². The molecule has 1 aromatic carbocycles. The zero-order valence-corrected chi connectivity index (χ0v) is 9.77. The van der Waals surface area contributed by atoms with Crippen LogP contribution in [0.5, 0.6) is 0 Å². The van der Waals surface area contributed by atoms with E-state index in [2.05, 4.69) is 54.7 Å². The van der Waals surface area contributed by atoms with Crippen molar-refractivity contribution in [1.29, 1.82) is 0 Å². The lowest BCUT2D eigenvalue weighted by Gasteiger charge is -2.29. The van der Waals surface area contributed by atoms with E-state index >= 15 is 0 Å². The van der Waals surface area contributed by atoms with E-state index in [1.54, 1.807) is 0 Å². The van der Waals surface area contributed by atoms with Crippen molar-refractivity contribution in [2.75, 3.05) is 6.54 Å². The molecule has 3 rings (SSSR count). The van der Waals surface area contributed by atoms with E-state index in [0.717, 1.165) is 18.4 Å². The van der Waals surface area contributed by atoms with Gasteiger partial charge in [0.25, 0.3) is 0 Å². The number of nitrogens with one attached hydrogen (secondary N) is 1. The number of hydrogen-bond donors (Lipinski definition) is 1. The van der Waals surface area contributed by atoms with Gasteiger partial charge in [0.2, 0.25) is 0 Å². The van der Waals surface area contributed by atoms with E-state index in [1.165, 1.54) is 12.0 Å². The minimum absolute atomic E-state index is 0.655. The van der Waals surface area contributed by atoms with Gasteiger partial charge >= 0.3 is 0 Å². The minimum atomic E-state index is 0.655. The lowest BCUT2D eigenvalue weighted by Crippen LogP contribution is -2.37. The molecule has 1 saturated carbocycles. The molecule has 0 heterocycles. The average molecular weight is 213 g/mol. The van der Waals surface area contributed by atoms with Crippen LogP contribution in [0.2, 0.25) is 0 Å². The van der Waals surface area contributed by atoms with Crippen LogP contribution >= 0.6 is 0 Å². The van der Waals surface area contributed by atoms with E-state index in [9.17, 15) is 0 Å². The Balaban J connectivity index is 1.91. The van der Waals surface area contributed by atoms with E-state index in [4.69, 9.17) is 0 Å². The number of fused-ring (bicyclic) bond motifs is 2. The molecular formula is C15H19N. The first-order chi connectivity index (χ1) is 7.90. The zero-order chi connectivity index (χ0) is 11.0. The molecule has 16 heavy (non-hydrogen) atoms. The molecule has 0 aliphatic heterocycles. The molecule has 84 valence electrons. The summed E-state index contributed by atoms with van der Waals surface area (Å²) in [4.78, 5) is 0. The molecule has 0 radical (unpaired) electrons. The van der Waals surface area contributed by atoms with Crippen molar-refractivity contribution in [3.05, 3.63) is 48.0 Å². The summed E-state index contributed by atoms with van der Waals surface area (Å²) in [6.07, 6.45) is 6.19. The first-order valence-electron chi connectivity index (χ1n) is 6.37. The standard InChI is InChI=1S/C15H19N/c1-2-16-15-13-9-8-12(10-13)14(15)11-6-4-3-5-7-11/h3-9,12-16H,2,10H2,1H3/t12-,13+,14+,15+/m0/s1. The van der Waals surface area contributed by atoms with Crippen LogP contribution in [0.25, 0.3) is 0 Å². The third-order valence-corrected chi connectivity index (χ3v) is 4.08. The highest BCUT2D eigenvalue weighted by Gasteiger charge is 2.44. The van der Waals surface area contributed by atoms with Crippen LogP contribution in [0.15, 0.2) is 42.5 Å². The van der Waals surface area contributed by atoms with E-state index in [-0.39, 0.29) is 0 Å². The molecule has 0 aromatic heterocycles. The SMILES string of the molecule is CCN[C@H]1[C@H](c2ccccc2)[C@H]2C=C[C@@H]1C2. The van der Waals surface area contributed by atoms with Crippen LogP contribution in [0.3, 0.4) is 0 Å². The Morgan fingerprint density at radius 1 is 1.12 bits per heavy atom. The van der Waals surface area contributed by atoms with Gasteiger partial charge in [0.15, 0.2) is 0 Å². The van der Waals surface area contributed by atoms with E-state index in [1.807, 2.05) is 0 Å². The Kier molecular flexibility index (Phi) is 2.56. The molecule has 0 unspecified atom stereocenters. The Hall–Kier alpha value is -1.08.